The quantitative estimate of drug-likeness (QED) is 0.336. The number of rotatable bonds is 11. The molecule has 2 saturated heterocycles. The van der Waals surface area contributed by atoms with Gasteiger partial charge in [-0.3, -0.25) is 10.0 Å². The Morgan fingerprint density at radius 1 is 1.00 bits per heavy atom. The lowest BCUT2D eigenvalue weighted by Crippen LogP contribution is -2.30. The summed E-state index contributed by atoms with van der Waals surface area (Å²) < 4.78 is 18.1. The summed E-state index contributed by atoms with van der Waals surface area (Å²) in [5, 5.41) is 9.67. The molecular formula is C21H37NO5. The van der Waals surface area contributed by atoms with Gasteiger partial charge < -0.3 is 14.2 Å². The second-order valence-corrected chi connectivity index (χ2v) is 8.46. The fourth-order valence-corrected chi connectivity index (χ4v) is 5.08. The maximum Gasteiger partial charge on any atom is 0.245 e. The van der Waals surface area contributed by atoms with Crippen LogP contribution in [0.25, 0.3) is 0 Å². The molecule has 6 heteroatoms. The van der Waals surface area contributed by atoms with Gasteiger partial charge in [-0.2, -0.15) is 0 Å². The van der Waals surface area contributed by atoms with Crippen molar-refractivity contribution < 1.29 is 24.2 Å². The highest BCUT2D eigenvalue weighted by molar-refractivity contribution is 5.74. The average molecular weight is 384 g/mol. The zero-order chi connectivity index (χ0) is 19.1. The van der Waals surface area contributed by atoms with Crippen LogP contribution in [0.5, 0.6) is 0 Å². The third kappa shape index (κ3) is 6.14. The van der Waals surface area contributed by atoms with E-state index in [-0.39, 0.29) is 5.91 Å². The lowest BCUT2D eigenvalue weighted by Gasteiger charge is -2.29. The number of fused-ring (bicyclic) bond motifs is 2. The number of amides is 1. The zero-order valence-electron chi connectivity index (χ0n) is 16.8. The van der Waals surface area contributed by atoms with Crippen LogP contribution < -0.4 is 0 Å². The SMILES string of the molecule is CN(O)C(=O)CCCOCC[C@@H]1[C@H](CCOC2CCCCC2)[C@@H]2CC[C@H]1O2. The normalized spacial score (nSPS) is 30.7. The molecule has 4 atom stereocenters. The molecule has 1 amide bonds. The van der Waals surface area contributed by atoms with Crippen molar-refractivity contribution in [3.8, 4) is 0 Å². The van der Waals surface area contributed by atoms with Gasteiger partial charge >= 0.3 is 0 Å². The molecule has 3 aliphatic rings. The Morgan fingerprint density at radius 2 is 1.67 bits per heavy atom. The molecule has 156 valence electrons. The van der Waals surface area contributed by atoms with Crippen molar-refractivity contribution in [2.45, 2.75) is 88.9 Å². The van der Waals surface area contributed by atoms with Gasteiger partial charge in [-0.25, -0.2) is 5.06 Å². The molecule has 27 heavy (non-hydrogen) atoms. The fourth-order valence-electron chi connectivity index (χ4n) is 5.08. The Morgan fingerprint density at radius 3 is 2.33 bits per heavy atom. The maximum absolute atomic E-state index is 11.3. The maximum atomic E-state index is 11.3. The molecule has 0 spiro atoms. The molecule has 1 aliphatic carbocycles. The molecule has 1 N–H and O–H groups in total. The first-order valence-electron chi connectivity index (χ1n) is 11.0. The molecule has 3 rings (SSSR count). The summed E-state index contributed by atoms with van der Waals surface area (Å²) in [6, 6.07) is 0. The van der Waals surface area contributed by atoms with Crippen molar-refractivity contribution in [2.75, 3.05) is 26.9 Å². The van der Waals surface area contributed by atoms with Crippen LogP contribution in [0.2, 0.25) is 0 Å². The van der Waals surface area contributed by atoms with Gasteiger partial charge in [0.1, 0.15) is 0 Å². The number of hydroxylamine groups is 2. The summed E-state index contributed by atoms with van der Waals surface area (Å²) in [5.41, 5.74) is 0. The smallest absolute Gasteiger partial charge is 0.245 e. The Balaban J connectivity index is 1.31. The van der Waals surface area contributed by atoms with Gasteiger partial charge in [0.05, 0.1) is 18.3 Å². The molecule has 1 saturated carbocycles. The predicted octanol–water partition coefficient (Wildman–Crippen LogP) is 3.55. The van der Waals surface area contributed by atoms with E-state index in [0.717, 1.165) is 26.1 Å². The van der Waals surface area contributed by atoms with E-state index in [9.17, 15) is 4.79 Å². The molecule has 2 aliphatic heterocycles. The largest absolute Gasteiger partial charge is 0.381 e. The van der Waals surface area contributed by atoms with E-state index in [0.29, 0.717) is 54.7 Å². The number of ether oxygens (including phenoxy) is 3. The minimum absolute atomic E-state index is 0.266. The molecule has 0 radical (unpaired) electrons. The van der Waals surface area contributed by atoms with Gasteiger partial charge in [0.15, 0.2) is 0 Å². The van der Waals surface area contributed by atoms with Crippen LogP contribution in [0.1, 0.15) is 70.6 Å². The molecule has 0 aromatic rings. The van der Waals surface area contributed by atoms with Crippen LogP contribution in [0.15, 0.2) is 0 Å². The number of hydrogen-bond donors (Lipinski definition) is 1. The van der Waals surface area contributed by atoms with E-state index in [1.165, 1.54) is 52.0 Å². The van der Waals surface area contributed by atoms with Gasteiger partial charge in [-0.05, 0) is 56.8 Å². The molecule has 3 fully saturated rings. The topological polar surface area (TPSA) is 68.2 Å². The van der Waals surface area contributed by atoms with Crippen molar-refractivity contribution in [1.29, 1.82) is 0 Å². The van der Waals surface area contributed by atoms with Crippen LogP contribution in [0, 0.1) is 11.8 Å². The second kappa shape index (κ2) is 10.7. The van der Waals surface area contributed by atoms with Gasteiger partial charge in [0.25, 0.3) is 0 Å². The highest BCUT2D eigenvalue weighted by Gasteiger charge is 2.47. The van der Waals surface area contributed by atoms with Gasteiger partial charge in [-0.1, -0.05) is 19.3 Å². The second-order valence-electron chi connectivity index (χ2n) is 8.46. The van der Waals surface area contributed by atoms with Gasteiger partial charge in [0, 0.05) is 33.3 Å². The molecule has 6 nitrogen and oxygen atoms in total. The summed E-state index contributed by atoms with van der Waals surface area (Å²) in [7, 11) is 1.36. The van der Waals surface area contributed by atoms with Crippen LogP contribution in [0.4, 0.5) is 0 Å². The zero-order valence-corrected chi connectivity index (χ0v) is 16.8. The van der Waals surface area contributed by atoms with Crippen LogP contribution >= 0.6 is 0 Å². The molecule has 0 aromatic carbocycles. The molecule has 2 heterocycles. The summed E-state index contributed by atoms with van der Waals surface area (Å²) in [6.45, 7) is 2.16. The Labute approximate surface area is 163 Å². The van der Waals surface area contributed by atoms with E-state index in [2.05, 4.69) is 0 Å². The predicted molar refractivity (Wildman–Crippen MR) is 102 cm³/mol. The third-order valence-electron chi connectivity index (χ3n) is 6.58. The summed E-state index contributed by atoms with van der Waals surface area (Å²) in [6.07, 6.45) is 13.3. The van der Waals surface area contributed by atoms with E-state index in [1.54, 1.807) is 0 Å². The van der Waals surface area contributed by atoms with Crippen molar-refractivity contribution in [2.24, 2.45) is 11.8 Å². The highest BCUT2D eigenvalue weighted by atomic mass is 16.5. The van der Waals surface area contributed by atoms with Crippen molar-refractivity contribution in [1.82, 2.24) is 5.06 Å². The third-order valence-corrected chi connectivity index (χ3v) is 6.58. The minimum Gasteiger partial charge on any atom is -0.381 e. The number of carbonyl (C=O) groups excluding carboxylic acids is 1. The standard InChI is InChI=1S/C21H37NO5/c1-22(24)21(23)8-5-13-25-14-11-17-18(20-10-9-19(17)27-20)12-15-26-16-6-3-2-4-7-16/h16-20,24H,2-15H2,1H3/t17-,18+,19-,20+/m1/s1. The monoisotopic (exact) mass is 383 g/mol. The van der Waals surface area contributed by atoms with Crippen molar-refractivity contribution >= 4 is 5.91 Å². The number of nitrogens with zero attached hydrogens (tertiary/aromatic N) is 1. The summed E-state index contributed by atoms with van der Waals surface area (Å²) in [5.74, 6) is 0.933. The van der Waals surface area contributed by atoms with Crippen LogP contribution in [0.3, 0.4) is 0 Å². The lowest BCUT2D eigenvalue weighted by atomic mass is 9.76. The first-order valence-corrected chi connectivity index (χ1v) is 11.0. The van der Waals surface area contributed by atoms with Crippen LogP contribution in [-0.2, 0) is 19.0 Å². The molecular weight excluding hydrogens is 346 g/mol. The number of hydrogen-bond acceptors (Lipinski definition) is 5. The molecule has 0 aromatic heterocycles. The fraction of sp³-hybridized carbons (Fsp3) is 0.952. The van der Waals surface area contributed by atoms with E-state index >= 15 is 0 Å². The van der Waals surface area contributed by atoms with E-state index in [4.69, 9.17) is 19.4 Å². The Hall–Kier alpha value is -0.690. The van der Waals surface area contributed by atoms with Gasteiger partial charge in [-0.15, -0.1) is 0 Å². The summed E-state index contributed by atoms with van der Waals surface area (Å²) >= 11 is 0. The summed E-state index contributed by atoms with van der Waals surface area (Å²) in [4.78, 5) is 11.3. The minimum atomic E-state index is -0.266. The van der Waals surface area contributed by atoms with Crippen LogP contribution in [-0.4, -0.2) is 61.4 Å². The van der Waals surface area contributed by atoms with E-state index in [1.807, 2.05) is 0 Å². The average Bonchev–Trinajstić information content (AvgIpc) is 3.27. The molecule has 2 bridgehead atoms. The highest BCUT2D eigenvalue weighted by Crippen LogP contribution is 2.46. The van der Waals surface area contributed by atoms with Crippen molar-refractivity contribution in [3.63, 3.8) is 0 Å². The Bertz CT molecular complexity index is 452. The van der Waals surface area contributed by atoms with E-state index < -0.39 is 0 Å². The van der Waals surface area contributed by atoms with Crippen molar-refractivity contribution in [3.05, 3.63) is 0 Å². The first-order chi connectivity index (χ1) is 13.1. The molecule has 0 unspecified atom stereocenters. The van der Waals surface area contributed by atoms with Gasteiger partial charge in [0.2, 0.25) is 5.91 Å². The number of carbonyl (C=O) groups is 1. The first kappa shape index (κ1) is 21.0. The Kier molecular flexibility index (Phi) is 8.37. The lowest BCUT2D eigenvalue weighted by molar-refractivity contribution is -0.159.